The van der Waals surface area contributed by atoms with E-state index in [1.165, 1.54) is 18.2 Å². The van der Waals surface area contributed by atoms with E-state index in [0.29, 0.717) is 28.4 Å². The lowest BCUT2D eigenvalue weighted by Crippen LogP contribution is -2.07. The van der Waals surface area contributed by atoms with Gasteiger partial charge in [-0.05, 0) is 41.9 Å². The van der Waals surface area contributed by atoms with E-state index in [4.69, 9.17) is 5.11 Å². The molecular weight excluding hydrogens is 398 g/mol. The molecule has 2 rings (SSSR count). The molecule has 0 spiro atoms. The maximum atomic E-state index is 10.5. The molecule has 10 nitrogen and oxygen atoms in total. The van der Waals surface area contributed by atoms with Gasteiger partial charge in [-0.3, -0.25) is 20.2 Å². The van der Waals surface area contributed by atoms with Gasteiger partial charge in [0.1, 0.15) is 21.8 Å². The van der Waals surface area contributed by atoms with Crippen LogP contribution in [0.2, 0.25) is 0 Å². The summed E-state index contributed by atoms with van der Waals surface area (Å²) >= 11 is 3.11. The standard InChI is InChI=1S/C8H11N3O3.C6H5BrN2O2/c1-6-7(11(13)14)2-3-8(10-6)9-4-5-12;1-4-5(9(10)11)2-3-6(7)8-4/h2-3,12H,4-5H2,1H3,(H,9,10);2-3H,1H3. The Bertz CT molecular complexity index is 771. The minimum atomic E-state index is -0.474. The number of hydrogen-bond acceptors (Lipinski definition) is 8. The highest BCUT2D eigenvalue weighted by Crippen LogP contribution is 2.18. The Morgan fingerprint density at radius 2 is 1.56 bits per heavy atom. The number of nitrogens with one attached hydrogen (secondary N) is 1. The van der Waals surface area contributed by atoms with Crippen LogP contribution in [0.25, 0.3) is 0 Å². The first-order valence-corrected chi connectivity index (χ1v) is 7.80. The van der Waals surface area contributed by atoms with E-state index in [1.54, 1.807) is 19.9 Å². The number of aliphatic hydroxyl groups excluding tert-OH is 1. The molecule has 0 aliphatic rings. The Morgan fingerprint density at radius 3 is 2.00 bits per heavy atom. The van der Waals surface area contributed by atoms with E-state index in [2.05, 4.69) is 31.2 Å². The number of nitro groups is 2. The minimum Gasteiger partial charge on any atom is -0.395 e. The molecule has 0 fully saturated rings. The highest BCUT2D eigenvalue weighted by atomic mass is 79.9. The average Bonchev–Trinajstić information content (AvgIpc) is 2.52. The van der Waals surface area contributed by atoms with Crippen molar-refractivity contribution in [2.45, 2.75) is 13.8 Å². The maximum absolute atomic E-state index is 10.5. The van der Waals surface area contributed by atoms with Gasteiger partial charge in [-0.2, -0.15) is 0 Å². The number of aryl methyl sites for hydroxylation is 2. The van der Waals surface area contributed by atoms with Crippen LogP contribution in [0.5, 0.6) is 0 Å². The second-order valence-corrected chi connectivity index (χ2v) is 5.52. The quantitative estimate of drug-likeness (QED) is 0.432. The highest BCUT2D eigenvalue weighted by Gasteiger charge is 2.11. The predicted octanol–water partition coefficient (Wildman–Crippen LogP) is 2.76. The van der Waals surface area contributed by atoms with Crippen molar-refractivity contribution in [2.75, 3.05) is 18.5 Å². The van der Waals surface area contributed by atoms with Crippen molar-refractivity contribution in [3.63, 3.8) is 0 Å². The van der Waals surface area contributed by atoms with E-state index < -0.39 is 9.85 Å². The number of hydrogen-bond donors (Lipinski definition) is 2. The zero-order valence-electron chi connectivity index (χ0n) is 13.5. The Hall–Kier alpha value is -2.66. The van der Waals surface area contributed by atoms with Crippen molar-refractivity contribution in [3.8, 4) is 0 Å². The van der Waals surface area contributed by atoms with Gasteiger partial charge in [-0.15, -0.1) is 0 Å². The second kappa shape index (κ2) is 9.59. The summed E-state index contributed by atoms with van der Waals surface area (Å²) in [6.07, 6.45) is 0. The zero-order valence-corrected chi connectivity index (χ0v) is 15.1. The fraction of sp³-hybridized carbons (Fsp3) is 0.286. The van der Waals surface area contributed by atoms with Crippen LogP contribution in [-0.4, -0.2) is 38.1 Å². The molecule has 0 aromatic carbocycles. The third kappa shape index (κ3) is 6.39. The van der Waals surface area contributed by atoms with Crippen molar-refractivity contribution >= 4 is 33.1 Å². The summed E-state index contributed by atoms with van der Waals surface area (Å²) in [5, 5.41) is 32.1. The number of nitrogens with zero attached hydrogens (tertiary/aromatic N) is 4. The number of anilines is 1. The molecule has 2 N–H and O–H groups in total. The lowest BCUT2D eigenvalue weighted by Gasteiger charge is -2.03. The van der Waals surface area contributed by atoms with Gasteiger partial charge in [0, 0.05) is 18.7 Å². The Kier molecular flexibility index (Phi) is 7.82. The first kappa shape index (κ1) is 20.4. The van der Waals surface area contributed by atoms with E-state index >= 15 is 0 Å². The van der Waals surface area contributed by atoms with Crippen molar-refractivity contribution in [2.24, 2.45) is 0 Å². The van der Waals surface area contributed by atoms with Gasteiger partial charge in [-0.1, -0.05) is 0 Å². The van der Waals surface area contributed by atoms with Crippen molar-refractivity contribution in [3.05, 3.63) is 60.5 Å². The lowest BCUT2D eigenvalue weighted by molar-refractivity contribution is -0.385. The summed E-state index contributed by atoms with van der Waals surface area (Å²) in [6.45, 7) is 3.55. The minimum absolute atomic E-state index is 0.000418. The summed E-state index contributed by atoms with van der Waals surface area (Å²) in [6, 6.07) is 5.88. The van der Waals surface area contributed by atoms with E-state index in [9.17, 15) is 20.2 Å². The number of halogens is 1. The van der Waals surface area contributed by atoms with Crippen LogP contribution in [0.1, 0.15) is 11.4 Å². The summed E-state index contributed by atoms with van der Waals surface area (Å²) in [7, 11) is 0. The van der Waals surface area contributed by atoms with Crippen molar-refractivity contribution in [1.82, 2.24) is 9.97 Å². The first-order chi connectivity index (χ1) is 11.8. The number of rotatable bonds is 5. The zero-order chi connectivity index (χ0) is 19.0. The maximum Gasteiger partial charge on any atom is 0.290 e. The van der Waals surface area contributed by atoms with Gasteiger partial charge >= 0.3 is 0 Å². The molecule has 0 atom stereocenters. The monoisotopic (exact) mass is 413 g/mol. The smallest absolute Gasteiger partial charge is 0.290 e. The molecule has 0 unspecified atom stereocenters. The second-order valence-electron chi connectivity index (χ2n) is 4.70. The topological polar surface area (TPSA) is 144 Å². The van der Waals surface area contributed by atoms with Crippen LogP contribution in [0.4, 0.5) is 17.2 Å². The molecule has 0 saturated heterocycles. The molecule has 2 heterocycles. The van der Waals surface area contributed by atoms with Gasteiger partial charge in [0.05, 0.1) is 16.5 Å². The van der Waals surface area contributed by atoms with Gasteiger partial charge in [0.25, 0.3) is 11.4 Å². The summed E-state index contributed by atoms with van der Waals surface area (Å²) in [5.74, 6) is 0.530. The Morgan fingerprint density at radius 1 is 1.04 bits per heavy atom. The first-order valence-electron chi connectivity index (χ1n) is 7.00. The van der Waals surface area contributed by atoms with Gasteiger partial charge < -0.3 is 10.4 Å². The van der Waals surface area contributed by atoms with Gasteiger partial charge in [-0.25, -0.2) is 9.97 Å². The molecule has 2 aromatic heterocycles. The Balaban J connectivity index is 0.000000257. The summed E-state index contributed by atoms with van der Waals surface area (Å²) < 4.78 is 0.612. The van der Waals surface area contributed by atoms with Crippen LogP contribution in [0.3, 0.4) is 0 Å². The fourth-order valence-corrected chi connectivity index (χ4v) is 2.14. The van der Waals surface area contributed by atoms with E-state index in [1.807, 2.05) is 0 Å². The molecule has 2 aromatic rings. The largest absolute Gasteiger partial charge is 0.395 e. The average molecular weight is 414 g/mol. The predicted molar refractivity (Wildman–Crippen MR) is 94.5 cm³/mol. The van der Waals surface area contributed by atoms with Crippen LogP contribution in [-0.2, 0) is 0 Å². The molecule has 134 valence electrons. The Labute approximate surface area is 151 Å². The number of pyridine rings is 2. The molecule has 25 heavy (non-hydrogen) atoms. The summed E-state index contributed by atoms with van der Waals surface area (Å²) in [4.78, 5) is 27.6. The molecule has 0 aliphatic carbocycles. The number of aliphatic hydroxyl groups is 1. The molecule has 0 bridgehead atoms. The van der Waals surface area contributed by atoms with E-state index in [0.717, 1.165) is 0 Å². The van der Waals surface area contributed by atoms with Crippen LogP contribution in [0.15, 0.2) is 28.9 Å². The molecule has 11 heteroatoms. The molecular formula is C14H16BrN5O5. The fourth-order valence-electron chi connectivity index (χ4n) is 1.75. The van der Waals surface area contributed by atoms with Crippen molar-refractivity contribution < 1.29 is 15.0 Å². The third-order valence-corrected chi connectivity index (χ3v) is 3.33. The molecule has 0 radical (unpaired) electrons. The van der Waals surface area contributed by atoms with E-state index in [-0.39, 0.29) is 18.0 Å². The number of aromatic nitrogens is 2. The van der Waals surface area contributed by atoms with Crippen LogP contribution >= 0.6 is 15.9 Å². The van der Waals surface area contributed by atoms with Crippen molar-refractivity contribution in [1.29, 1.82) is 0 Å². The third-order valence-electron chi connectivity index (χ3n) is 2.89. The van der Waals surface area contributed by atoms with Crippen LogP contribution in [0, 0.1) is 34.1 Å². The molecule has 0 saturated carbocycles. The van der Waals surface area contributed by atoms with Gasteiger partial charge in [0.15, 0.2) is 0 Å². The summed E-state index contributed by atoms with van der Waals surface area (Å²) in [5.41, 5.74) is 0.829. The normalized spacial score (nSPS) is 9.76. The van der Waals surface area contributed by atoms with Gasteiger partial charge in [0.2, 0.25) is 0 Å². The highest BCUT2D eigenvalue weighted by molar-refractivity contribution is 9.10. The SMILES string of the molecule is Cc1nc(Br)ccc1[N+](=O)[O-].Cc1nc(NCCO)ccc1[N+](=O)[O-]. The molecule has 0 amide bonds. The lowest BCUT2D eigenvalue weighted by atomic mass is 10.3. The molecule has 0 aliphatic heterocycles. The van der Waals surface area contributed by atoms with Crippen LogP contribution < -0.4 is 5.32 Å².